The molecule has 1 aromatic carbocycles. The van der Waals surface area contributed by atoms with Gasteiger partial charge in [0, 0.05) is 12.5 Å². The molecule has 1 atom stereocenters. The number of hydrogen-bond acceptors (Lipinski definition) is 3. The Bertz CT molecular complexity index is 424. The fourth-order valence-corrected chi connectivity index (χ4v) is 1.72. The highest BCUT2D eigenvalue weighted by Crippen LogP contribution is 2.26. The van der Waals surface area contributed by atoms with Gasteiger partial charge in [-0.1, -0.05) is 19.9 Å². The molecule has 2 N–H and O–H groups in total. The van der Waals surface area contributed by atoms with Crippen LogP contribution in [-0.2, 0) is 4.79 Å². The molecule has 0 saturated carbocycles. The first-order valence-corrected chi connectivity index (χ1v) is 6.77. The summed E-state index contributed by atoms with van der Waals surface area (Å²) >= 11 is 0. The molecule has 20 heavy (non-hydrogen) atoms. The van der Waals surface area contributed by atoms with Gasteiger partial charge >= 0.3 is 0 Å². The lowest BCUT2D eigenvalue weighted by atomic mass is 10.1. The highest BCUT2D eigenvalue weighted by molar-refractivity contribution is 5.93. The first kappa shape index (κ1) is 18.7. The van der Waals surface area contributed by atoms with Gasteiger partial charge in [0.05, 0.1) is 12.3 Å². The number of nitrogens with one attached hydrogen (secondary N) is 2. The van der Waals surface area contributed by atoms with Gasteiger partial charge in [-0.05, 0) is 38.1 Å². The Labute approximate surface area is 127 Å². The summed E-state index contributed by atoms with van der Waals surface area (Å²) in [6.45, 7) is 7.27. The fourth-order valence-electron chi connectivity index (χ4n) is 1.72. The zero-order valence-corrected chi connectivity index (χ0v) is 13.5. The molecule has 0 saturated heterocycles. The van der Waals surface area contributed by atoms with Gasteiger partial charge in [0.25, 0.3) is 0 Å². The fraction of sp³-hybridized carbons (Fsp3) is 0.533. The molecule has 114 valence electrons. The van der Waals surface area contributed by atoms with Crippen LogP contribution in [-0.4, -0.2) is 26.1 Å². The van der Waals surface area contributed by atoms with E-state index in [4.69, 9.17) is 4.74 Å². The molecule has 0 aliphatic carbocycles. The number of anilines is 1. The zero-order chi connectivity index (χ0) is 14.3. The minimum atomic E-state index is -0.0784. The molecule has 1 aromatic rings. The van der Waals surface area contributed by atoms with Gasteiger partial charge in [-0.15, -0.1) is 12.4 Å². The molecule has 1 unspecified atom stereocenters. The lowest BCUT2D eigenvalue weighted by molar-refractivity contribution is -0.119. The second-order valence-corrected chi connectivity index (χ2v) is 4.80. The Morgan fingerprint density at radius 3 is 2.70 bits per heavy atom. The van der Waals surface area contributed by atoms with Crippen LogP contribution in [0.5, 0.6) is 5.75 Å². The van der Waals surface area contributed by atoms with Crippen molar-refractivity contribution in [1.29, 1.82) is 0 Å². The maximum atomic E-state index is 12.0. The number of carbonyl (C=O) groups excluding carboxylic acids is 1. The van der Waals surface area contributed by atoms with E-state index in [0.717, 1.165) is 23.4 Å². The monoisotopic (exact) mass is 300 g/mol. The molecule has 0 heterocycles. The van der Waals surface area contributed by atoms with E-state index < -0.39 is 0 Å². The first-order chi connectivity index (χ1) is 9.08. The Morgan fingerprint density at radius 2 is 2.10 bits per heavy atom. The van der Waals surface area contributed by atoms with Gasteiger partial charge in [-0.3, -0.25) is 4.79 Å². The predicted molar refractivity (Wildman–Crippen MR) is 85.9 cm³/mol. The third-order valence-corrected chi connectivity index (χ3v) is 2.81. The molecular formula is C15H25ClN2O2. The molecule has 0 bridgehead atoms. The number of hydrogen-bond donors (Lipinski definition) is 2. The number of rotatable bonds is 7. The summed E-state index contributed by atoms with van der Waals surface area (Å²) in [5, 5.41) is 5.93. The number of benzene rings is 1. The van der Waals surface area contributed by atoms with E-state index in [-0.39, 0.29) is 24.2 Å². The van der Waals surface area contributed by atoms with E-state index in [9.17, 15) is 4.79 Å². The van der Waals surface area contributed by atoms with E-state index in [2.05, 4.69) is 17.6 Å². The van der Waals surface area contributed by atoms with Crippen LogP contribution in [0.25, 0.3) is 0 Å². The maximum absolute atomic E-state index is 12.0. The van der Waals surface area contributed by atoms with Gasteiger partial charge in [-0.25, -0.2) is 0 Å². The van der Waals surface area contributed by atoms with Crippen LogP contribution in [0.2, 0.25) is 0 Å². The average Bonchev–Trinajstić information content (AvgIpc) is 2.39. The molecule has 4 nitrogen and oxygen atoms in total. The largest absolute Gasteiger partial charge is 0.491 e. The van der Waals surface area contributed by atoms with Crippen molar-refractivity contribution in [3.8, 4) is 5.75 Å². The molecule has 0 spiro atoms. The van der Waals surface area contributed by atoms with Crippen LogP contribution in [0, 0.1) is 12.8 Å². The van der Waals surface area contributed by atoms with Crippen molar-refractivity contribution in [2.45, 2.75) is 27.2 Å². The smallest absolute Gasteiger partial charge is 0.228 e. The quantitative estimate of drug-likeness (QED) is 0.814. The Kier molecular flexibility index (Phi) is 9.01. The molecule has 1 amide bonds. The van der Waals surface area contributed by atoms with Crippen LogP contribution in [0.3, 0.4) is 0 Å². The first-order valence-electron chi connectivity index (χ1n) is 6.77. The van der Waals surface area contributed by atoms with Crippen molar-refractivity contribution in [2.75, 3.05) is 25.5 Å². The van der Waals surface area contributed by atoms with Gasteiger partial charge in [0.15, 0.2) is 0 Å². The van der Waals surface area contributed by atoms with Crippen molar-refractivity contribution in [2.24, 2.45) is 5.92 Å². The van der Waals surface area contributed by atoms with E-state index in [1.165, 1.54) is 0 Å². The molecule has 0 radical (unpaired) electrons. The summed E-state index contributed by atoms with van der Waals surface area (Å²) in [5.74, 6) is 0.664. The molecule has 0 aliphatic heterocycles. The summed E-state index contributed by atoms with van der Waals surface area (Å²) in [6.07, 6.45) is 0.942. The van der Waals surface area contributed by atoms with E-state index in [0.29, 0.717) is 13.2 Å². The van der Waals surface area contributed by atoms with Gasteiger partial charge in [0.1, 0.15) is 5.75 Å². The maximum Gasteiger partial charge on any atom is 0.228 e. The van der Waals surface area contributed by atoms with E-state index >= 15 is 0 Å². The highest BCUT2D eigenvalue weighted by Gasteiger charge is 2.14. The lowest BCUT2D eigenvalue weighted by Gasteiger charge is -2.15. The van der Waals surface area contributed by atoms with Gasteiger partial charge in [0.2, 0.25) is 5.91 Å². The SMILES string of the molecule is CCCOc1cc(C)ccc1NC(=O)C(C)CNC.Cl. The second-order valence-electron chi connectivity index (χ2n) is 4.80. The molecule has 5 heteroatoms. The summed E-state index contributed by atoms with van der Waals surface area (Å²) in [4.78, 5) is 12.0. The Hall–Kier alpha value is -1.26. The van der Waals surface area contributed by atoms with Crippen LogP contribution in [0.4, 0.5) is 5.69 Å². The van der Waals surface area contributed by atoms with Crippen molar-refractivity contribution in [3.05, 3.63) is 23.8 Å². The third-order valence-electron chi connectivity index (χ3n) is 2.81. The van der Waals surface area contributed by atoms with Crippen molar-refractivity contribution in [1.82, 2.24) is 5.32 Å². The van der Waals surface area contributed by atoms with Crippen molar-refractivity contribution < 1.29 is 9.53 Å². The average molecular weight is 301 g/mol. The molecular weight excluding hydrogens is 276 g/mol. The second kappa shape index (κ2) is 9.61. The number of halogens is 1. The lowest BCUT2D eigenvalue weighted by Crippen LogP contribution is -2.28. The Balaban J connectivity index is 0.00000361. The van der Waals surface area contributed by atoms with Gasteiger partial charge < -0.3 is 15.4 Å². The Morgan fingerprint density at radius 1 is 1.40 bits per heavy atom. The van der Waals surface area contributed by atoms with E-state index in [1.54, 1.807) is 0 Å². The minimum Gasteiger partial charge on any atom is -0.491 e. The van der Waals surface area contributed by atoms with Gasteiger partial charge in [-0.2, -0.15) is 0 Å². The number of amides is 1. The predicted octanol–water partition coefficient (Wildman–Crippen LogP) is 3.00. The molecule has 0 aromatic heterocycles. The molecule has 0 aliphatic rings. The summed E-state index contributed by atoms with van der Waals surface area (Å²) in [6, 6.07) is 5.81. The normalized spacial score (nSPS) is 11.4. The summed E-state index contributed by atoms with van der Waals surface area (Å²) in [5.41, 5.74) is 1.86. The van der Waals surface area contributed by atoms with Crippen LogP contribution < -0.4 is 15.4 Å². The van der Waals surface area contributed by atoms with Crippen LogP contribution >= 0.6 is 12.4 Å². The molecule has 1 rings (SSSR count). The summed E-state index contributed by atoms with van der Waals surface area (Å²) in [7, 11) is 1.84. The molecule has 0 fully saturated rings. The number of carbonyl (C=O) groups is 1. The number of ether oxygens (including phenoxy) is 1. The highest BCUT2D eigenvalue weighted by atomic mass is 35.5. The van der Waals surface area contributed by atoms with Crippen LogP contribution in [0.15, 0.2) is 18.2 Å². The van der Waals surface area contributed by atoms with Crippen molar-refractivity contribution >= 4 is 24.0 Å². The van der Waals surface area contributed by atoms with Crippen molar-refractivity contribution in [3.63, 3.8) is 0 Å². The topological polar surface area (TPSA) is 50.4 Å². The van der Waals surface area contributed by atoms with E-state index in [1.807, 2.05) is 39.1 Å². The zero-order valence-electron chi connectivity index (χ0n) is 12.7. The third kappa shape index (κ3) is 5.80. The summed E-state index contributed by atoms with van der Waals surface area (Å²) < 4.78 is 5.68. The standard InChI is InChI=1S/C15H24N2O2.ClH/c1-5-8-19-14-9-11(2)6-7-13(14)17-15(18)12(3)10-16-4;/h6-7,9,12,16H,5,8,10H2,1-4H3,(H,17,18);1H. The number of aryl methyl sites for hydroxylation is 1. The minimum absolute atomic E-state index is 0. The van der Waals surface area contributed by atoms with Crippen LogP contribution in [0.1, 0.15) is 25.8 Å².